The minimum atomic E-state index is -1.08. The Morgan fingerprint density at radius 3 is 2.06 bits per heavy atom. The van der Waals surface area contributed by atoms with E-state index in [1.54, 1.807) is 0 Å². The van der Waals surface area contributed by atoms with E-state index in [2.05, 4.69) is 13.8 Å². The first kappa shape index (κ1) is 15.4. The van der Waals surface area contributed by atoms with Crippen molar-refractivity contribution in [3.8, 4) is 0 Å². The Labute approximate surface area is 100 Å². The smallest absolute Gasteiger partial charge is 0.0788 e. The van der Waals surface area contributed by atoms with Crippen LogP contribution >= 0.6 is 0 Å². The van der Waals surface area contributed by atoms with Crippen molar-refractivity contribution in [3.63, 3.8) is 0 Å². The zero-order valence-electron chi connectivity index (χ0n) is 11.1. The van der Waals surface area contributed by atoms with Crippen molar-refractivity contribution in [1.82, 2.24) is 0 Å². The summed E-state index contributed by atoms with van der Waals surface area (Å²) in [5.41, 5.74) is 0. The summed E-state index contributed by atoms with van der Waals surface area (Å²) in [4.78, 5) is 8.89. The number of rotatable bonds is 5. The fraction of sp³-hybridized carbons (Fsp3) is 0.923. The van der Waals surface area contributed by atoms with Crippen LogP contribution in [0.5, 0.6) is 0 Å². The average Bonchev–Trinajstić information content (AvgIpc) is 2.67. The van der Waals surface area contributed by atoms with Crippen molar-refractivity contribution in [1.29, 1.82) is 0 Å². The first-order chi connectivity index (χ1) is 7.56. The van der Waals surface area contributed by atoms with Gasteiger partial charge in [-0.3, -0.25) is 0 Å². The van der Waals surface area contributed by atoms with Crippen LogP contribution in [0.25, 0.3) is 0 Å². The van der Waals surface area contributed by atoms with Gasteiger partial charge in [0.1, 0.15) is 0 Å². The summed E-state index contributed by atoms with van der Waals surface area (Å²) in [6, 6.07) is 0. The maximum atomic E-state index is 8.89. The molecule has 3 nitrogen and oxygen atoms in total. The van der Waals surface area contributed by atoms with Crippen molar-refractivity contribution in [2.75, 3.05) is 26.2 Å². The van der Waals surface area contributed by atoms with Crippen LogP contribution in [0.1, 0.15) is 52.9 Å². The maximum Gasteiger partial charge on any atom is 0.0788 e. The lowest BCUT2D eigenvalue weighted by molar-refractivity contribution is -0.915. The van der Waals surface area contributed by atoms with Crippen LogP contribution in [-0.2, 0) is 4.79 Å². The number of quaternary nitrogens is 1. The van der Waals surface area contributed by atoms with Crippen LogP contribution in [0.3, 0.4) is 0 Å². The van der Waals surface area contributed by atoms with E-state index in [4.69, 9.17) is 9.90 Å². The SMILES string of the molecule is CC(=O)[O-].CCCCC[N+]1(CC)CCCC1. The number of carboxylic acids is 1. The van der Waals surface area contributed by atoms with Crippen molar-refractivity contribution in [2.24, 2.45) is 0 Å². The molecule has 0 atom stereocenters. The maximum absolute atomic E-state index is 8.89. The van der Waals surface area contributed by atoms with Crippen molar-refractivity contribution < 1.29 is 14.4 Å². The summed E-state index contributed by atoms with van der Waals surface area (Å²) in [5.74, 6) is -1.08. The lowest BCUT2D eigenvalue weighted by Crippen LogP contribution is -2.45. The van der Waals surface area contributed by atoms with E-state index < -0.39 is 5.97 Å². The highest BCUT2D eigenvalue weighted by Gasteiger charge is 2.28. The number of unbranched alkanes of at least 4 members (excludes halogenated alkanes) is 2. The number of carboxylic acid groups (broad SMARTS) is 1. The molecule has 1 fully saturated rings. The number of hydrogen-bond acceptors (Lipinski definition) is 2. The number of nitrogens with zero attached hydrogens (tertiary/aromatic N) is 1. The Hall–Kier alpha value is -0.570. The van der Waals surface area contributed by atoms with Gasteiger partial charge in [0.25, 0.3) is 0 Å². The average molecular weight is 229 g/mol. The quantitative estimate of drug-likeness (QED) is 0.530. The molecule has 0 N–H and O–H groups in total. The van der Waals surface area contributed by atoms with Gasteiger partial charge < -0.3 is 14.4 Å². The number of aliphatic carboxylic acids is 1. The predicted molar refractivity (Wildman–Crippen MR) is 64.8 cm³/mol. The van der Waals surface area contributed by atoms with Crippen molar-refractivity contribution in [3.05, 3.63) is 0 Å². The zero-order chi connectivity index (χ0) is 12.4. The molecule has 0 aromatic heterocycles. The van der Waals surface area contributed by atoms with Crippen LogP contribution in [-0.4, -0.2) is 36.6 Å². The van der Waals surface area contributed by atoms with Gasteiger partial charge >= 0.3 is 0 Å². The highest BCUT2D eigenvalue weighted by molar-refractivity contribution is 5.60. The Balaban J connectivity index is 0.000000487. The van der Waals surface area contributed by atoms with Crippen LogP contribution in [0.2, 0.25) is 0 Å². The summed E-state index contributed by atoms with van der Waals surface area (Å²) in [7, 11) is 0. The molecule has 0 unspecified atom stereocenters. The van der Waals surface area contributed by atoms with Gasteiger partial charge in [-0.15, -0.1) is 0 Å². The molecule has 0 saturated carbocycles. The van der Waals surface area contributed by atoms with Gasteiger partial charge in [-0.25, -0.2) is 0 Å². The molecule has 1 aliphatic rings. The van der Waals surface area contributed by atoms with E-state index in [0.717, 1.165) is 6.92 Å². The van der Waals surface area contributed by atoms with E-state index in [9.17, 15) is 0 Å². The van der Waals surface area contributed by atoms with Crippen LogP contribution in [0, 0.1) is 0 Å². The fourth-order valence-corrected chi connectivity index (χ4v) is 2.40. The largest absolute Gasteiger partial charge is 0.550 e. The van der Waals surface area contributed by atoms with E-state index >= 15 is 0 Å². The van der Waals surface area contributed by atoms with Gasteiger partial charge in [0, 0.05) is 18.8 Å². The highest BCUT2D eigenvalue weighted by Crippen LogP contribution is 2.20. The molecule has 1 rings (SSSR count). The molecule has 0 spiro atoms. The van der Waals surface area contributed by atoms with Gasteiger partial charge in [-0.1, -0.05) is 13.3 Å². The van der Waals surface area contributed by atoms with E-state index in [0.29, 0.717) is 0 Å². The lowest BCUT2D eigenvalue weighted by atomic mass is 10.2. The summed E-state index contributed by atoms with van der Waals surface area (Å²) < 4.78 is 1.43. The van der Waals surface area contributed by atoms with Crippen molar-refractivity contribution >= 4 is 5.97 Å². The third-order valence-electron chi connectivity index (χ3n) is 3.42. The number of carbonyl (C=O) groups excluding carboxylic acids is 1. The van der Waals surface area contributed by atoms with Gasteiger partial charge in [0.2, 0.25) is 0 Å². The highest BCUT2D eigenvalue weighted by atomic mass is 16.4. The molecule has 3 heteroatoms. The predicted octanol–water partition coefficient (Wildman–Crippen LogP) is 1.56. The Bertz CT molecular complexity index is 182. The van der Waals surface area contributed by atoms with E-state index in [1.165, 1.54) is 62.8 Å². The topological polar surface area (TPSA) is 40.1 Å². The minimum Gasteiger partial charge on any atom is -0.550 e. The Morgan fingerprint density at radius 2 is 1.69 bits per heavy atom. The van der Waals surface area contributed by atoms with Gasteiger partial charge in [-0.2, -0.15) is 0 Å². The number of hydrogen-bond donors (Lipinski definition) is 0. The molecule has 0 radical (unpaired) electrons. The lowest BCUT2D eigenvalue weighted by Gasteiger charge is -2.33. The van der Waals surface area contributed by atoms with E-state index in [-0.39, 0.29) is 0 Å². The molecule has 0 aliphatic carbocycles. The van der Waals surface area contributed by atoms with Crippen LogP contribution in [0.4, 0.5) is 0 Å². The minimum absolute atomic E-state index is 0.972. The molecular weight excluding hydrogens is 202 g/mol. The summed E-state index contributed by atoms with van der Waals surface area (Å²) in [6.07, 6.45) is 7.19. The first-order valence-corrected chi connectivity index (χ1v) is 6.59. The monoisotopic (exact) mass is 229 g/mol. The first-order valence-electron chi connectivity index (χ1n) is 6.59. The second-order valence-electron chi connectivity index (χ2n) is 4.73. The van der Waals surface area contributed by atoms with Crippen molar-refractivity contribution in [2.45, 2.75) is 52.9 Å². The van der Waals surface area contributed by atoms with Gasteiger partial charge in [0.15, 0.2) is 0 Å². The molecule has 0 amide bonds. The van der Waals surface area contributed by atoms with Crippen LogP contribution in [0.15, 0.2) is 0 Å². The Morgan fingerprint density at radius 1 is 1.19 bits per heavy atom. The fourth-order valence-electron chi connectivity index (χ4n) is 2.40. The number of likely N-dealkylation sites (tertiary alicyclic amines) is 1. The molecule has 1 saturated heterocycles. The standard InChI is InChI=1S/C11H24N.C2H4O2/c1-3-5-6-9-12(4-2)10-7-8-11-12;1-2(3)4/h3-11H2,1-2H3;1H3,(H,3,4)/q+1;/p-1. The summed E-state index contributed by atoms with van der Waals surface area (Å²) in [5, 5.41) is 8.89. The normalized spacial score (nSPS) is 17.7. The second kappa shape index (κ2) is 8.57. The molecule has 1 heterocycles. The molecule has 0 bridgehead atoms. The second-order valence-corrected chi connectivity index (χ2v) is 4.73. The molecule has 0 aromatic carbocycles. The van der Waals surface area contributed by atoms with E-state index in [1.807, 2.05) is 0 Å². The van der Waals surface area contributed by atoms with Gasteiger partial charge in [-0.05, 0) is 26.7 Å². The van der Waals surface area contributed by atoms with Crippen LogP contribution < -0.4 is 5.11 Å². The molecular formula is C13H27NO2. The van der Waals surface area contributed by atoms with Gasteiger partial charge in [0.05, 0.1) is 26.2 Å². The zero-order valence-corrected chi connectivity index (χ0v) is 11.1. The molecule has 0 aromatic rings. The molecule has 1 aliphatic heterocycles. The molecule has 16 heavy (non-hydrogen) atoms. The third kappa shape index (κ3) is 6.83. The number of carbonyl (C=O) groups is 1. The Kier molecular flexibility index (Phi) is 8.26. The molecule has 96 valence electrons. The summed E-state index contributed by atoms with van der Waals surface area (Å²) in [6.45, 7) is 11.4. The third-order valence-corrected chi connectivity index (χ3v) is 3.42. The summed E-state index contributed by atoms with van der Waals surface area (Å²) >= 11 is 0.